The first-order chi connectivity index (χ1) is 8.47. The summed E-state index contributed by atoms with van der Waals surface area (Å²) in [4.78, 5) is 12.5. The Balaban J connectivity index is 2.17. The van der Waals surface area contributed by atoms with Gasteiger partial charge in [-0.1, -0.05) is 26.0 Å². The predicted octanol–water partition coefficient (Wildman–Crippen LogP) is 3.83. The topological polar surface area (TPSA) is 43.1 Å². The summed E-state index contributed by atoms with van der Waals surface area (Å²) in [6.07, 6.45) is 3.30. The third kappa shape index (κ3) is 2.74. The maximum Gasteiger partial charge on any atom is 0.166 e. The van der Waals surface area contributed by atoms with E-state index in [0.29, 0.717) is 11.8 Å². The molecule has 1 saturated carbocycles. The van der Waals surface area contributed by atoms with Gasteiger partial charge >= 0.3 is 0 Å². The summed E-state index contributed by atoms with van der Waals surface area (Å²) < 4.78 is 0. The van der Waals surface area contributed by atoms with Gasteiger partial charge in [-0.2, -0.15) is 0 Å². The quantitative estimate of drug-likeness (QED) is 0.635. The summed E-state index contributed by atoms with van der Waals surface area (Å²) in [5.74, 6) is 1.78. The van der Waals surface area contributed by atoms with Crippen LogP contribution >= 0.6 is 0 Å². The fourth-order valence-corrected chi connectivity index (χ4v) is 3.19. The van der Waals surface area contributed by atoms with Crippen molar-refractivity contribution in [3.63, 3.8) is 0 Å². The van der Waals surface area contributed by atoms with Gasteiger partial charge in [0, 0.05) is 17.2 Å². The highest BCUT2D eigenvalue weighted by molar-refractivity contribution is 5.98. The Bertz CT molecular complexity index is 442. The van der Waals surface area contributed by atoms with Crippen molar-refractivity contribution in [2.45, 2.75) is 40.0 Å². The number of carbonyl (C=O) groups excluding carboxylic acids is 1. The zero-order chi connectivity index (χ0) is 13.3. The zero-order valence-electron chi connectivity index (χ0n) is 11.6. The fraction of sp³-hybridized carbons (Fsp3) is 0.562. The molecular formula is C16H23NO. The van der Waals surface area contributed by atoms with E-state index in [4.69, 9.17) is 5.73 Å². The van der Waals surface area contributed by atoms with Gasteiger partial charge in [-0.3, -0.25) is 4.79 Å². The number of hydrogen-bond acceptors (Lipinski definition) is 2. The molecule has 0 heterocycles. The van der Waals surface area contributed by atoms with Crippen LogP contribution in [0.2, 0.25) is 0 Å². The molecule has 0 amide bonds. The number of hydrogen-bond donors (Lipinski definition) is 1. The van der Waals surface area contributed by atoms with Gasteiger partial charge in [-0.15, -0.1) is 0 Å². The van der Waals surface area contributed by atoms with Gasteiger partial charge in [0.1, 0.15) is 0 Å². The summed E-state index contributed by atoms with van der Waals surface area (Å²) in [7, 11) is 0. The molecular weight excluding hydrogens is 222 g/mol. The minimum absolute atomic E-state index is 0.186. The smallest absolute Gasteiger partial charge is 0.166 e. The van der Waals surface area contributed by atoms with Gasteiger partial charge in [-0.05, 0) is 49.7 Å². The van der Waals surface area contributed by atoms with E-state index in [1.807, 2.05) is 25.1 Å². The van der Waals surface area contributed by atoms with E-state index < -0.39 is 0 Å². The first-order valence-corrected chi connectivity index (χ1v) is 6.87. The number of benzene rings is 1. The van der Waals surface area contributed by atoms with E-state index in [9.17, 15) is 4.79 Å². The molecule has 0 bridgehead atoms. The number of nitrogens with two attached hydrogens (primary N) is 1. The van der Waals surface area contributed by atoms with Crippen molar-refractivity contribution >= 4 is 11.5 Å². The molecule has 0 aromatic heterocycles. The van der Waals surface area contributed by atoms with Crippen LogP contribution in [0.25, 0.3) is 0 Å². The van der Waals surface area contributed by atoms with Crippen LogP contribution in [-0.2, 0) is 0 Å². The van der Waals surface area contributed by atoms with Crippen LogP contribution < -0.4 is 5.73 Å². The van der Waals surface area contributed by atoms with Crippen molar-refractivity contribution in [2.24, 2.45) is 17.8 Å². The van der Waals surface area contributed by atoms with E-state index in [1.165, 1.54) is 6.42 Å². The van der Waals surface area contributed by atoms with Crippen LogP contribution in [0.5, 0.6) is 0 Å². The molecule has 2 nitrogen and oxygen atoms in total. The lowest BCUT2D eigenvalue weighted by atomic mass is 9.74. The van der Waals surface area contributed by atoms with Gasteiger partial charge in [0.25, 0.3) is 0 Å². The highest BCUT2D eigenvalue weighted by Gasteiger charge is 2.29. The molecule has 0 aliphatic heterocycles. The Kier molecular flexibility index (Phi) is 3.74. The van der Waals surface area contributed by atoms with Crippen LogP contribution in [0, 0.1) is 24.7 Å². The standard InChI is InChI=1S/C16H23NO/c1-10-6-11(2)8-14(7-10)16(18)13-5-4-12(3)15(17)9-13/h4-5,9-11,14H,6-8,17H2,1-3H3. The molecule has 1 aromatic carbocycles. The lowest BCUT2D eigenvalue weighted by Crippen LogP contribution is -2.26. The zero-order valence-corrected chi connectivity index (χ0v) is 11.6. The highest BCUT2D eigenvalue weighted by atomic mass is 16.1. The molecule has 1 aromatic rings. The Morgan fingerprint density at radius 1 is 1.17 bits per heavy atom. The second-order valence-electron chi connectivity index (χ2n) is 6.05. The number of anilines is 1. The van der Waals surface area contributed by atoms with E-state index in [-0.39, 0.29) is 11.7 Å². The van der Waals surface area contributed by atoms with Crippen molar-refractivity contribution < 1.29 is 4.79 Å². The first-order valence-electron chi connectivity index (χ1n) is 6.87. The predicted molar refractivity (Wildman–Crippen MR) is 75.6 cm³/mol. The minimum atomic E-state index is 0.186. The number of Topliss-reactive ketones (excluding diaryl/α,β-unsaturated/α-hetero) is 1. The second-order valence-corrected chi connectivity index (χ2v) is 6.05. The van der Waals surface area contributed by atoms with Gasteiger partial charge in [-0.25, -0.2) is 0 Å². The van der Waals surface area contributed by atoms with E-state index in [2.05, 4.69) is 13.8 Å². The Hall–Kier alpha value is -1.31. The van der Waals surface area contributed by atoms with Crippen molar-refractivity contribution in [3.8, 4) is 0 Å². The van der Waals surface area contributed by atoms with Crippen LogP contribution in [0.4, 0.5) is 5.69 Å². The van der Waals surface area contributed by atoms with Crippen LogP contribution in [0.15, 0.2) is 18.2 Å². The highest BCUT2D eigenvalue weighted by Crippen LogP contribution is 2.35. The molecule has 0 saturated heterocycles. The van der Waals surface area contributed by atoms with Gasteiger partial charge in [0.2, 0.25) is 0 Å². The molecule has 0 radical (unpaired) electrons. The Labute approximate surface area is 110 Å². The molecule has 1 aliphatic rings. The van der Waals surface area contributed by atoms with Crippen molar-refractivity contribution in [1.82, 2.24) is 0 Å². The molecule has 2 heteroatoms. The maximum atomic E-state index is 12.5. The number of ketones is 1. The number of aryl methyl sites for hydroxylation is 1. The van der Waals surface area contributed by atoms with Gasteiger partial charge in [0.15, 0.2) is 5.78 Å². The van der Waals surface area contributed by atoms with E-state index in [0.717, 1.165) is 29.7 Å². The molecule has 0 spiro atoms. The molecule has 2 atom stereocenters. The summed E-state index contributed by atoms with van der Waals surface area (Å²) in [5, 5.41) is 0. The summed E-state index contributed by atoms with van der Waals surface area (Å²) in [6.45, 7) is 6.47. The summed E-state index contributed by atoms with van der Waals surface area (Å²) >= 11 is 0. The number of nitrogen functional groups attached to an aromatic ring is 1. The number of rotatable bonds is 2. The average molecular weight is 245 g/mol. The monoisotopic (exact) mass is 245 g/mol. The van der Waals surface area contributed by atoms with Crippen LogP contribution in [-0.4, -0.2) is 5.78 Å². The van der Waals surface area contributed by atoms with Gasteiger partial charge < -0.3 is 5.73 Å². The van der Waals surface area contributed by atoms with Gasteiger partial charge in [0.05, 0.1) is 0 Å². The molecule has 98 valence electrons. The molecule has 2 N–H and O–H groups in total. The lowest BCUT2D eigenvalue weighted by molar-refractivity contribution is 0.0836. The lowest BCUT2D eigenvalue weighted by Gasteiger charge is -2.30. The Morgan fingerprint density at radius 3 is 2.33 bits per heavy atom. The first kappa shape index (κ1) is 13.1. The SMILES string of the molecule is Cc1ccc(C(=O)C2CC(C)CC(C)C2)cc1N. The normalized spacial score (nSPS) is 28.1. The maximum absolute atomic E-state index is 12.5. The molecule has 1 fully saturated rings. The van der Waals surface area contributed by atoms with Crippen molar-refractivity contribution in [3.05, 3.63) is 29.3 Å². The largest absolute Gasteiger partial charge is 0.398 e. The van der Waals surface area contributed by atoms with Crippen LogP contribution in [0.3, 0.4) is 0 Å². The third-order valence-electron chi connectivity index (χ3n) is 4.11. The van der Waals surface area contributed by atoms with E-state index in [1.54, 1.807) is 0 Å². The average Bonchev–Trinajstić information content (AvgIpc) is 2.30. The second kappa shape index (κ2) is 5.13. The Morgan fingerprint density at radius 2 is 1.78 bits per heavy atom. The summed E-state index contributed by atoms with van der Waals surface area (Å²) in [6, 6.07) is 5.69. The fourth-order valence-electron chi connectivity index (χ4n) is 3.19. The van der Waals surface area contributed by atoms with Crippen LogP contribution in [0.1, 0.15) is 49.0 Å². The molecule has 18 heavy (non-hydrogen) atoms. The molecule has 1 aliphatic carbocycles. The minimum Gasteiger partial charge on any atom is -0.398 e. The molecule has 2 rings (SSSR count). The number of carbonyl (C=O) groups is 1. The summed E-state index contributed by atoms with van der Waals surface area (Å²) in [5.41, 5.74) is 8.43. The third-order valence-corrected chi connectivity index (χ3v) is 4.11. The van der Waals surface area contributed by atoms with E-state index >= 15 is 0 Å². The van der Waals surface area contributed by atoms with Crippen molar-refractivity contribution in [1.29, 1.82) is 0 Å². The molecule has 2 unspecified atom stereocenters. The van der Waals surface area contributed by atoms with Crippen molar-refractivity contribution in [2.75, 3.05) is 5.73 Å².